The zero-order valence-electron chi connectivity index (χ0n) is 16.7. The van der Waals surface area contributed by atoms with Gasteiger partial charge in [0.15, 0.2) is 0 Å². The molecule has 1 rings (SSSR count). The van der Waals surface area contributed by atoms with Crippen LogP contribution in [-0.4, -0.2) is 93.3 Å². The van der Waals surface area contributed by atoms with Crippen LogP contribution in [-0.2, 0) is 29.6 Å². The summed E-state index contributed by atoms with van der Waals surface area (Å²) in [4.78, 5) is 12.9. The summed E-state index contributed by atoms with van der Waals surface area (Å²) < 4.78 is 144. The second kappa shape index (κ2) is 9.77. The molecule has 9 nitrogen and oxygen atoms in total. The number of rotatable bonds is 9. The van der Waals surface area contributed by atoms with E-state index < -0.39 is 85.6 Å². The Morgan fingerprint density at radius 1 is 1.03 bits per heavy atom. The molecule has 0 bridgehead atoms. The van der Waals surface area contributed by atoms with Crippen molar-refractivity contribution < 1.29 is 57.1 Å². The number of nitrogens with one attached hydrogen (secondary N) is 1. The molecule has 0 amide bonds. The second-order valence-electron chi connectivity index (χ2n) is 6.88. The van der Waals surface area contributed by atoms with Crippen LogP contribution in [0, 0.1) is 0 Å². The Hall–Kier alpha value is -0.890. The van der Waals surface area contributed by atoms with Crippen molar-refractivity contribution in [3.05, 3.63) is 0 Å². The Kier molecular flexibility index (Phi) is 8.90. The molecule has 19 heteroatoms. The molecule has 1 heterocycles. The number of ether oxygens (including phenoxy) is 1. The van der Waals surface area contributed by atoms with E-state index in [-0.39, 0.29) is 10.7 Å². The maximum absolute atomic E-state index is 14.0. The molecule has 2 atom stereocenters. The van der Waals surface area contributed by atoms with Gasteiger partial charge in [-0.2, -0.15) is 35.0 Å². The van der Waals surface area contributed by atoms with Crippen molar-refractivity contribution in [3.63, 3.8) is 0 Å². The molecule has 0 radical (unpaired) electrons. The predicted molar refractivity (Wildman–Crippen MR) is 98.6 cm³/mol. The van der Waals surface area contributed by atoms with Crippen LogP contribution in [0.3, 0.4) is 0 Å². The van der Waals surface area contributed by atoms with Gasteiger partial charge >= 0.3 is 32.7 Å². The molecule has 0 aromatic carbocycles. The topological polar surface area (TPSA) is 113 Å². The van der Waals surface area contributed by atoms with Crippen LogP contribution >= 0.6 is 11.9 Å². The number of hydrogen-bond donors (Lipinski definition) is 1. The molecular weight excluding hydrogens is 523 g/mol. The molecule has 0 saturated carbocycles. The van der Waals surface area contributed by atoms with Crippen molar-refractivity contribution in [3.8, 4) is 0 Å². The van der Waals surface area contributed by atoms with Gasteiger partial charge in [-0.15, -0.1) is 4.13 Å². The van der Waals surface area contributed by atoms with E-state index >= 15 is 0 Å². The number of sulfonamides is 2. The Balaban J connectivity index is 2.96. The van der Waals surface area contributed by atoms with Gasteiger partial charge in [-0.05, 0) is 13.8 Å². The van der Waals surface area contributed by atoms with Crippen LogP contribution in [0.2, 0.25) is 0 Å². The zero-order valence-corrected chi connectivity index (χ0v) is 19.1. The second-order valence-corrected chi connectivity index (χ2v) is 11.7. The van der Waals surface area contributed by atoms with E-state index in [9.17, 15) is 52.4 Å². The molecule has 1 N–H and O–H groups in total. The van der Waals surface area contributed by atoms with Crippen LogP contribution in [0.4, 0.5) is 30.7 Å². The summed E-state index contributed by atoms with van der Waals surface area (Å²) in [5.74, 6) is -8.59. The summed E-state index contributed by atoms with van der Waals surface area (Å²) in [6.07, 6.45) is 0. The third-order valence-corrected chi connectivity index (χ3v) is 8.56. The first kappa shape index (κ1) is 29.1. The van der Waals surface area contributed by atoms with E-state index in [1.54, 1.807) is 0 Å². The monoisotopic (exact) mass is 543 g/mol. The third-order valence-electron chi connectivity index (χ3n) is 4.37. The Labute approximate surface area is 183 Å². The van der Waals surface area contributed by atoms with E-state index in [4.69, 9.17) is 0 Å². The number of carbonyl (C=O) groups excluding carboxylic acids is 1. The summed E-state index contributed by atoms with van der Waals surface area (Å²) in [7, 11) is -10.4. The first-order chi connectivity index (χ1) is 14.2. The summed E-state index contributed by atoms with van der Waals surface area (Å²) in [5.41, 5.74) is -6.05. The van der Waals surface area contributed by atoms with Gasteiger partial charge in [-0.3, -0.25) is 9.69 Å². The van der Waals surface area contributed by atoms with Gasteiger partial charge in [-0.1, -0.05) is 0 Å². The fourth-order valence-corrected chi connectivity index (χ4v) is 5.95. The zero-order chi connectivity index (χ0) is 25.3. The maximum Gasteiger partial charge on any atom is 0.512 e. The first-order valence-corrected chi connectivity index (χ1v) is 12.4. The van der Waals surface area contributed by atoms with Gasteiger partial charge in [0.25, 0.3) is 0 Å². The maximum atomic E-state index is 14.0. The van der Waals surface area contributed by atoms with E-state index in [0.717, 1.165) is 7.11 Å². The molecule has 0 spiro atoms. The molecule has 1 aliphatic rings. The largest absolute Gasteiger partial charge is 0.512 e. The van der Waals surface area contributed by atoms with Gasteiger partial charge in [0.1, 0.15) is 5.75 Å². The summed E-state index contributed by atoms with van der Waals surface area (Å²) in [6, 6.07) is -1.40. The van der Waals surface area contributed by atoms with Crippen molar-refractivity contribution in [1.82, 2.24) is 13.3 Å². The number of hydrogen-bond acceptors (Lipinski definition) is 8. The third kappa shape index (κ3) is 6.81. The highest BCUT2D eigenvalue weighted by Gasteiger charge is 2.61. The lowest BCUT2D eigenvalue weighted by atomic mass is 10.1. The van der Waals surface area contributed by atoms with Crippen molar-refractivity contribution >= 4 is 38.0 Å². The van der Waals surface area contributed by atoms with Gasteiger partial charge in [0, 0.05) is 37.1 Å². The summed E-state index contributed by atoms with van der Waals surface area (Å²) >= 11 is -1.77. The number of nitrogens with zero attached hydrogens (tertiary/aromatic N) is 2. The van der Waals surface area contributed by atoms with Gasteiger partial charge in [-0.25, -0.2) is 16.8 Å². The quantitative estimate of drug-likeness (QED) is 0.262. The molecule has 1 fully saturated rings. The molecule has 2 unspecified atom stereocenters. The standard InChI is InChI=1S/C13H20F7N3O6S3/c1-8-4-22(5-9(2)23(8)6-10(24)29-3)31(25,26)7-11(14,15)12(16,17)30-21-32(27,28)13(18,19)20/h8-9,21H,4-7H2,1-3H3. The fraction of sp³-hybridized carbons (Fsp3) is 0.923. The number of carbonyl (C=O) groups is 1. The molecule has 1 saturated heterocycles. The number of methoxy groups -OCH3 is 1. The average molecular weight is 544 g/mol. The molecule has 0 aromatic heterocycles. The Morgan fingerprint density at radius 3 is 1.91 bits per heavy atom. The predicted octanol–water partition coefficient (Wildman–Crippen LogP) is 1.20. The van der Waals surface area contributed by atoms with Crippen LogP contribution in [0.25, 0.3) is 0 Å². The first-order valence-electron chi connectivity index (χ1n) is 8.49. The highest BCUT2D eigenvalue weighted by Crippen LogP contribution is 2.44. The lowest BCUT2D eigenvalue weighted by Crippen LogP contribution is -2.60. The van der Waals surface area contributed by atoms with Crippen molar-refractivity contribution in [2.75, 3.05) is 32.5 Å². The molecule has 190 valence electrons. The summed E-state index contributed by atoms with van der Waals surface area (Å²) in [6.45, 7) is 1.78. The molecule has 32 heavy (non-hydrogen) atoms. The highest BCUT2D eigenvalue weighted by molar-refractivity contribution is 8.10. The van der Waals surface area contributed by atoms with E-state index in [2.05, 4.69) is 4.74 Å². The van der Waals surface area contributed by atoms with E-state index in [0.29, 0.717) is 4.31 Å². The van der Waals surface area contributed by atoms with Crippen molar-refractivity contribution in [2.24, 2.45) is 0 Å². The van der Waals surface area contributed by atoms with Crippen LogP contribution in [0.15, 0.2) is 0 Å². The van der Waals surface area contributed by atoms with Gasteiger partial charge < -0.3 is 4.74 Å². The SMILES string of the molecule is COC(=O)CN1C(C)CN(S(=O)(=O)CC(F)(F)C(F)(F)SNS(=O)(=O)C(F)(F)F)CC1C. The highest BCUT2D eigenvalue weighted by atomic mass is 32.3. The minimum absolute atomic E-state index is 0.229. The van der Waals surface area contributed by atoms with E-state index in [1.807, 2.05) is 0 Å². The molecule has 0 aromatic rings. The van der Waals surface area contributed by atoms with E-state index in [1.165, 1.54) is 18.7 Å². The molecular formula is C13H20F7N3O6S3. The van der Waals surface area contributed by atoms with Gasteiger partial charge in [0.05, 0.1) is 13.7 Å². The minimum atomic E-state index is -6.39. The Morgan fingerprint density at radius 2 is 1.50 bits per heavy atom. The van der Waals surface area contributed by atoms with Crippen molar-refractivity contribution in [1.29, 1.82) is 0 Å². The number of piperazine rings is 1. The lowest BCUT2D eigenvalue weighted by Gasteiger charge is -2.43. The van der Waals surface area contributed by atoms with Crippen LogP contribution < -0.4 is 4.13 Å². The van der Waals surface area contributed by atoms with Crippen LogP contribution in [0.5, 0.6) is 0 Å². The number of alkyl halides is 7. The Bertz CT molecular complexity index is 885. The lowest BCUT2D eigenvalue weighted by molar-refractivity contribution is -0.143. The molecule has 0 aliphatic carbocycles. The number of halogens is 7. The van der Waals surface area contributed by atoms with Crippen molar-refractivity contribution in [2.45, 2.75) is 42.6 Å². The molecule has 1 aliphatic heterocycles. The summed E-state index contributed by atoms with van der Waals surface area (Å²) in [5, 5.41) is -5.54. The number of esters is 1. The smallest absolute Gasteiger partial charge is 0.468 e. The average Bonchev–Trinajstić information content (AvgIpc) is 2.60. The fourth-order valence-electron chi connectivity index (χ4n) is 2.69. The minimum Gasteiger partial charge on any atom is -0.468 e. The van der Waals surface area contributed by atoms with Crippen LogP contribution in [0.1, 0.15) is 13.8 Å². The van der Waals surface area contributed by atoms with Gasteiger partial charge in [0.2, 0.25) is 10.0 Å². The normalized spacial score (nSPS) is 22.7.